The standard InChI is InChI=1S/C19H17N5OS2/c1-23-13-20-22-19(23)27-15-8-6-14(7-9-15)21-18(25)17-5-2-10-24(17)12-16-4-3-11-26-16/h2-11,13H,12H2,1H3,(H,21,25). The van der Waals surface area contributed by atoms with Gasteiger partial charge in [0.2, 0.25) is 0 Å². The van der Waals surface area contributed by atoms with Gasteiger partial charge in [0, 0.05) is 28.7 Å². The van der Waals surface area contributed by atoms with E-state index in [0.29, 0.717) is 12.2 Å². The van der Waals surface area contributed by atoms with E-state index in [9.17, 15) is 4.79 Å². The summed E-state index contributed by atoms with van der Waals surface area (Å²) in [5.41, 5.74) is 1.40. The molecular formula is C19H17N5OS2. The first-order valence-electron chi connectivity index (χ1n) is 8.30. The van der Waals surface area contributed by atoms with Crippen molar-refractivity contribution in [3.63, 3.8) is 0 Å². The van der Waals surface area contributed by atoms with Gasteiger partial charge in [-0.3, -0.25) is 4.79 Å². The number of aromatic nitrogens is 4. The molecule has 0 aliphatic rings. The van der Waals surface area contributed by atoms with Gasteiger partial charge in [-0.2, -0.15) is 0 Å². The molecule has 136 valence electrons. The molecule has 0 unspecified atom stereocenters. The molecule has 0 fully saturated rings. The maximum atomic E-state index is 12.7. The van der Waals surface area contributed by atoms with Gasteiger partial charge in [-0.1, -0.05) is 6.07 Å². The van der Waals surface area contributed by atoms with E-state index in [0.717, 1.165) is 15.7 Å². The van der Waals surface area contributed by atoms with Crippen LogP contribution in [0.3, 0.4) is 0 Å². The number of hydrogen-bond acceptors (Lipinski definition) is 5. The van der Waals surface area contributed by atoms with E-state index in [-0.39, 0.29) is 5.91 Å². The molecule has 0 saturated heterocycles. The van der Waals surface area contributed by atoms with Gasteiger partial charge < -0.3 is 14.5 Å². The molecule has 1 amide bonds. The minimum absolute atomic E-state index is 0.120. The first-order valence-corrected chi connectivity index (χ1v) is 9.99. The highest BCUT2D eigenvalue weighted by atomic mass is 32.2. The Hall–Kier alpha value is -2.84. The zero-order valence-electron chi connectivity index (χ0n) is 14.6. The Labute approximate surface area is 164 Å². The number of thiophene rings is 1. The molecular weight excluding hydrogens is 378 g/mol. The number of aryl methyl sites for hydroxylation is 1. The summed E-state index contributed by atoms with van der Waals surface area (Å²) in [6.07, 6.45) is 3.59. The lowest BCUT2D eigenvalue weighted by Gasteiger charge is -2.09. The Morgan fingerprint density at radius 1 is 1.19 bits per heavy atom. The van der Waals surface area contributed by atoms with Gasteiger partial charge in [-0.15, -0.1) is 21.5 Å². The molecule has 0 aliphatic carbocycles. The average molecular weight is 396 g/mol. The summed E-state index contributed by atoms with van der Waals surface area (Å²) >= 11 is 3.21. The van der Waals surface area contributed by atoms with E-state index in [1.165, 1.54) is 16.6 Å². The van der Waals surface area contributed by atoms with Crippen LogP contribution in [0.1, 0.15) is 15.4 Å². The summed E-state index contributed by atoms with van der Waals surface area (Å²) in [7, 11) is 1.90. The van der Waals surface area contributed by atoms with Gasteiger partial charge in [0.1, 0.15) is 12.0 Å². The SMILES string of the molecule is Cn1cnnc1Sc1ccc(NC(=O)c2cccn2Cc2cccs2)cc1. The molecule has 8 heteroatoms. The zero-order valence-corrected chi connectivity index (χ0v) is 16.2. The second-order valence-corrected chi connectivity index (χ2v) is 7.98. The van der Waals surface area contributed by atoms with Crippen LogP contribution in [0.2, 0.25) is 0 Å². The number of hydrogen-bond donors (Lipinski definition) is 1. The molecule has 0 radical (unpaired) electrons. The third kappa shape index (κ3) is 4.12. The smallest absolute Gasteiger partial charge is 0.272 e. The second-order valence-electron chi connectivity index (χ2n) is 5.91. The topological polar surface area (TPSA) is 64.7 Å². The summed E-state index contributed by atoms with van der Waals surface area (Å²) in [4.78, 5) is 14.9. The molecule has 6 nitrogen and oxygen atoms in total. The molecule has 0 atom stereocenters. The van der Waals surface area contributed by atoms with Crippen LogP contribution in [0.4, 0.5) is 5.69 Å². The molecule has 4 aromatic rings. The average Bonchev–Trinajstić information content (AvgIpc) is 3.41. The molecule has 1 N–H and O–H groups in total. The summed E-state index contributed by atoms with van der Waals surface area (Å²) in [5.74, 6) is -0.120. The van der Waals surface area contributed by atoms with Crippen LogP contribution < -0.4 is 5.32 Å². The van der Waals surface area contributed by atoms with Gasteiger partial charge in [-0.05, 0) is 59.6 Å². The Morgan fingerprint density at radius 2 is 2.04 bits per heavy atom. The van der Waals surface area contributed by atoms with Crippen LogP contribution in [0.15, 0.2) is 76.5 Å². The molecule has 3 heterocycles. The lowest BCUT2D eigenvalue weighted by Crippen LogP contribution is -2.16. The molecule has 0 spiro atoms. The Balaban J connectivity index is 1.43. The fourth-order valence-electron chi connectivity index (χ4n) is 2.60. The second kappa shape index (κ2) is 7.81. The number of nitrogens with zero attached hydrogens (tertiary/aromatic N) is 4. The van der Waals surface area contributed by atoms with Crippen LogP contribution in [-0.2, 0) is 13.6 Å². The fourth-order valence-corrected chi connectivity index (χ4v) is 4.07. The van der Waals surface area contributed by atoms with Gasteiger partial charge in [0.25, 0.3) is 5.91 Å². The monoisotopic (exact) mass is 395 g/mol. The van der Waals surface area contributed by atoms with Crippen molar-refractivity contribution >= 4 is 34.7 Å². The highest BCUT2D eigenvalue weighted by molar-refractivity contribution is 7.99. The number of benzene rings is 1. The third-order valence-electron chi connectivity index (χ3n) is 3.96. The Bertz CT molecular complexity index is 1030. The van der Waals surface area contributed by atoms with E-state index in [1.54, 1.807) is 17.7 Å². The number of rotatable bonds is 6. The highest BCUT2D eigenvalue weighted by Gasteiger charge is 2.12. The summed E-state index contributed by atoms with van der Waals surface area (Å²) in [6, 6.07) is 15.5. The fraction of sp³-hybridized carbons (Fsp3) is 0.105. The normalized spacial score (nSPS) is 10.9. The van der Waals surface area contributed by atoms with Crippen molar-refractivity contribution < 1.29 is 4.79 Å². The lowest BCUT2D eigenvalue weighted by molar-refractivity contribution is 0.101. The number of nitrogens with one attached hydrogen (secondary N) is 1. The van der Waals surface area contributed by atoms with Crippen molar-refractivity contribution in [2.45, 2.75) is 16.6 Å². The van der Waals surface area contributed by atoms with Gasteiger partial charge >= 0.3 is 0 Å². The van der Waals surface area contributed by atoms with Crippen LogP contribution >= 0.6 is 23.1 Å². The molecule has 0 bridgehead atoms. The summed E-state index contributed by atoms with van der Waals surface area (Å²) in [6.45, 7) is 0.695. The molecule has 1 aromatic carbocycles. The number of anilines is 1. The van der Waals surface area contributed by atoms with Crippen molar-refractivity contribution in [3.05, 3.63) is 77.0 Å². The maximum absolute atomic E-state index is 12.7. The highest BCUT2D eigenvalue weighted by Crippen LogP contribution is 2.26. The van der Waals surface area contributed by atoms with E-state index in [1.807, 2.05) is 70.2 Å². The van der Waals surface area contributed by atoms with Crippen LogP contribution in [0.5, 0.6) is 0 Å². The first-order chi connectivity index (χ1) is 13.2. The Morgan fingerprint density at radius 3 is 2.74 bits per heavy atom. The number of carbonyl (C=O) groups is 1. The van der Waals surface area contributed by atoms with Gasteiger partial charge in [-0.25, -0.2) is 0 Å². The van der Waals surface area contributed by atoms with E-state index in [2.05, 4.69) is 21.6 Å². The molecule has 27 heavy (non-hydrogen) atoms. The molecule has 3 aromatic heterocycles. The lowest BCUT2D eigenvalue weighted by atomic mass is 10.3. The van der Waals surface area contributed by atoms with E-state index in [4.69, 9.17) is 0 Å². The van der Waals surface area contributed by atoms with Crippen molar-refractivity contribution in [1.82, 2.24) is 19.3 Å². The van der Waals surface area contributed by atoms with Crippen molar-refractivity contribution in [3.8, 4) is 0 Å². The predicted molar refractivity (Wildman–Crippen MR) is 107 cm³/mol. The predicted octanol–water partition coefficient (Wildman–Crippen LogP) is 4.13. The van der Waals surface area contributed by atoms with Crippen LogP contribution in [0, 0.1) is 0 Å². The largest absolute Gasteiger partial charge is 0.338 e. The summed E-state index contributed by atoms with van der Waals surface area (Å²) < 4.78 is 3.82. The van der Waals surface area contributed by atoms with Crippen molar-refractivity contribution in [1.29, 1.82) is 0 Å². The van der Waals surface area contributed by atoms with E-state index < -0.39 is 0 Å². The molecule has 0 saturated carbocycles. The van der Waals surface area contributed by atoms with Crippen LogP contribution in [0.25, 0.3) is 0 Å². The zero-order chi connectivity index (χ0) is 18.6. The maximum Gasteiger partial charge on any atom is 0.272 e. The van der Waals surface area contributed by atoms with Crippen molar-refractivity contribution in [2.24, 2.45) is 7.05 Å². The van der Waals surface area contributed by atoms with Crippen LogP contribution in [-0.4, -0.2) is 25.2 Å². The van der Waals surface area contributed by atoms with Gasteiger partial charge in [0.15, 0.2) is 5.16 Å². The minimum atomic E-state index is -0.120. The van der Waals surface area contributed by atoms with Crippen molar-refractivity contribution in [2.75, 3.05) is 5.32 Å². The van der Waals surface area contributed by atoms with E-state index >= 15 is 0 Å². The van der Waals surface area contributed by atoms with Gasteiger partial charge in [0.05, 0.1) is 6.54 Å². The Kier molecular flexibility index (Phi) is 5.08. The summed E-state index contributed by atoms with van der Waals surface area (Å²) in [5, 5.41) is 13.8. The first kappa shape index (κ1) is 17.6. The minimum Gasteiger partial charge on any atom is -0.338 e. The third-order valence-corrected chi connectivity index (χ3v) is 5.88. The molecule has 0 aliphatic heterocycles. The quantitative estimate of drug-likeness (QED) is 0.533. The number of carbonyl (C=O) groups excluding carboxylic acids is 1. The number of amides is 1. The molecule has 4 rings (SSSR count).